The monoisotopic (exact) mass is 440 g/mol. The van der Waals surface area contributed by atoms with E-state index in [0.29, 0.717) is 34.3 Å². The summed E-state index contributed by atoms with van der Waals surface area (Å²) in [7, 11) is -1.92. The van der Waals surface area contributed by atoms with Gasteiger partial charge in [0.15, 0.2) is 0 Å². The predicted molar refractivity (Wildman–Crippen MR) is 89.6 cm³/mol. The first-order valence-electron chi connectivity index (χ1n) is 6.60. The van der Waals surface area contributed by atoms with Crippen LogP contribution in [0, 0.1) is 5.92 Å². The van der Waals surface area contributed by atoms with Crippen LogP contribution in [0.1, 0.15) is 12.8 Å². The van der Waals surface area contributed by atoms with Crippen LogP contribution in [0.4, 0.5) is 5.69 Å². The number of nitrogens with two attached hydrogens (primary N) is 1. The van der Waals surface area contributed by atoms with Gasteiger partial charge in [0.1, 0.15) is 4.90 Å². The largest absolute Gasteiger partial charge is 0.399 e. The predicted octanol–water partition coefficient (Wildman–Crippen LogP) is 2.84. The molecule has 1 fully saturated rings. The Morgan fingerprint density at radius 1 is 1.38 bits per heavy atom. The third-order valence-electron chi connectivity index (χ3n) is 3.50. The molecule has 1 atom stereocenters. The van der Waals surface area contributed by atoms with Gasteiger partial charge in [0, 0.05) is 34.8 Å². The van der Waals surface area contributed by atoms with E-state index in [9.17, 15) is 8.42 Å². The van der Waals surface area contributed by atoms with Crippen LogP contribution in [0.25, 0.3) is 0 Å². The second-order valence-electron chi connectivity index (χ2n) is 5.14. The molecular weight excluding hydrogens is 424 g/mol. The molecule has 1 aromatic carbocycles. The van der Waals surface area contributed by atoms with Crippen molar-refractivity contribution >= 4 is 47.6 Å². The van der Waals surface area contributed by atoms with Crippen LogP contribution in [-0.4, -0.2) is 39.5 Å². The summed E-state index contributed by atoms with van der Waals surface area (Å²) in [6.45, 7) is 1.60. The highest BCUT2D eigenvalue weighted by Gasteiger charge is 2.33. The van der Waals surface area contributed by atoms with Gasteiger partial charge in [0.05, 0.1) is 6.61 Å². The summed E-state index contributed by atoms with van der Waals surface area (Å²) in [5, 5.41) is 0. The number of sulfonamides is 1. The van der Waals surface area contributed by atoms with Crippen molar-refractivity contribution in [3.8, 4) is 0 Å². The molecule has 0 spiro atoms. The lowest BCUT2D eigenvalue weighted by Crippen LogP contribution is -2.41. The van der Waals surface area contributed by atoms with E-state index in [2.05, 4.69) is 31.9 Å². The maximum absolute atomic E-state index is 12.9. The number of hydrogen-bond acceptors (Lipinski definition) is 4. The van der Waals surface area contributed by atoms with E-state index >= 15 is 0 Å². The summed E-state index contributed by atoms with van der Waals surface area (Å²) < 4.78 is 33.4. The van der Waals surface area contributed by atoms with Crippen molar-refractivity contribution < 1.29 is 13.2 Å². The van der Waals surface area contributed by atoms with E-state index in [0.717, 1.165) is 12.8 Å². The highest BCUT2D eigenvalue weighted by atomic mass is 79.9. The summed E-state index contributed by atoms with van der Waals surface area (Å²) in [5.41, 5.74) is 6.23. The molecule has 0 amide bonds. The Morgan fingerprint density at radius 3 is 2.57 bits per heavy atom. The average molecular weight is 442 g/mol. The molecule has 2 N–H and O–H groups in total. The molecule has 1 saturated heterocycles. The van der Waals surface area contributed by atoms with Gasteiger partial charge in [-0.3, -0.25) is 0 Å². The minimum absolute atomic E-state index is 0.231. The van der Waals surface area contributed by atoms with E-state index in [-0.39, 0.29) is 10.8 Å². The quantitative estimate of drug-likeness (QED) is 0.729. The Bertz CT molecular complexity index is 597. The molecule has 118 valence electrons. The zero-order valence-electron chi connectivity index (χ0n) is 11.7. The first kappa shape index (κ1) is 17.2. The maximum Gasteiger partial charge on any atom is 0.245 e. The van der Waals surface area contributed by atoms with E-state index < -0.39 is 10.0 Å². The van der Waals surface area contributed by atoms with Gasteiger partial charge >= 0.3 is 0 Å². The molecule has 1 unspecified atom stereocenters. The Balaban J connectivity index is 2.34. The Hall–Kier alpha value is -0.150. The van der Waals surface area contributed by atoms with Gasteiger partial charge in [-0.05, 0) is 62.8 Å². The van der Waals surface area contributed by atoms with Crippen molar-refractivity contribution in [1.29, 1.82) is 0 Å². The number of nitrogen functional groups attached to an aromatic ring is 1. The highest BCUT2D eigenvalue weighted by Crippen LogP contribution is 2.35. The lowest BCUT2D eigenvalue weighted by Gasteiger charge is -2.32. The SMILES string of the molecule is COCC1CCCN(S(=O)(=O)c2c(Br)cc(N)cc2Br)C1. The number of anilines is 1. The van der Waals surface area contributed by atoms with Gasteiger partial charge in [-0.1, -0.05) is 0 Å². The number of benzene rings is 1. The van der Waals surface area contributed by atoms with Crippen molar-refractivity contribution in [2.24, 2.45) is 5.92 Å². The molecule has 1 aromatic rings. The first-order chi connectivity index (χ1) is 9.86. The van der Waals surface area contributed by atoms with Crippen molar-refractivity contribution in [1.82, 2.24) is 4.31 Å². The number of piperidine rings is 1. The molecule has 1 heterocycles. The molecule has 1 aliphatic heterocycles. The Labute approximate surface area is 142 Å². The normalized spacial score (nSPS) is 20.6. The van der Waals surface area contributed by atoms with Crippen LogP contribution in [0.15, 0.2) is 26.0 Å². The number of hydrogen-bond donors (Lipinski definition) is 1. The fraction of sp³-hybridized carbons (Fsp3) is 0.538. The Morgan fingerprint density at radius 2 is 2.00 bits per heavy atom. The standard InChI is InChI=1S/C13H18Br2N2O3S/c1-20-8-9-3-2-4-17(7-9)21(18,19)13-11(14)5-10(16)6-12(13)15/h5-6,9H,2-4,7-8,16H2,1H3. The first-order valence-corrected chi connectivity index (χ1v) is 9.62. The summed E-state index contributed by atoms with van der Waals surface area (Å²) in [6.07, 6.45) is 1.83. The van der Waals surface area contributed by atoms with Gasteiger partial charge in [-0.25, -0.2) is 8.42 Å². The fourth-order valence-corrected chi connectivity index (χ4v) is 6.67. The molecule has 2 rings (SSSR count). The van der Waals surface area contributed by atoms with Crippen molar-refractivity contribution in [3.05, 3.63) is 21.1 Å². The number of ether oxygens (including phenoxy) is 1. The molecule has 0 radical (unpaired) electrons. The van der Waals surface area contributed by atoms with E-state index in [1.165, 1.54) is 4.31 Å². The van der Waals surface area contributed by atoms with Crippen LogP contribution in [-0.2, 0) is 14.8 Å². The van der Waals surface area contributed by atoms with Crippen molar-refractivity contribution in [3.63, 3.8) is 0 Å². The van der Waals surface area contributed by atoms with Gasteiger partial charge in [-0.2, -0.15) is 4.31 Å². The molecule has 5 nitrogen and oxygen atoms in total. The minimum Gasteiger partial charge on any atom is -0.399 e. The average Bonchev–Trinajstić information content (AvgIpc) is 2.37. The summed E-state index contributed by atoms with van der Waals surface area (Å²) >= 11 is 6.61. The maximum atomic E-state index is 12.9. The number of halogens is 2. The van der Waals surface area contributed by atoms with Crippen LogP contribution in [0.3, 0.4) is 0 Å². The van der Waals surface area contributed by atoms with Gasteiger partial charge in [-0.15, -0.1) is 0 Å². The minimum atomic E-state index is -3.56. The van der Waals surface area contributed by atoms with Gasteiger partial charge < -0.3 is 10.5 Å². The van der Waals surface area contributed by atoms with Gasteiger partial charge in [0.2, 0.25) is 10.0 Å². The topological polar surface area (TPSA) is 72.6 Å². The zero-order chi connectivity index (χ0) is 15.6. The molecular formula is C13H18Br2N2O3S. The second kappa shape index (κ2) is 6.95. The molecule has 8 heteroatoms. The number of methoxy groups -OCH3 is 1. The molecule has 0 saturated carbocycles. The van der Waals surface area contributed by atoms with Crippen molar-refractivity contribution in [2.45, 2.75) is 17.7 Å². The van der Waals surface area contributed by atoms with Crippen LogP contribution in [0.5, 0.6) is 0 Å². The molecule has 1 aliphatic rings. The summed E-state index contributed by atoms with van der Waals surface area (Å²) in [4.78, 5) is 0.231. The molecule has 0 bridgehead atoms. The smallest absolute Gasteiger partial charge is 0.245 e. The fourth-order valence-electron chi connectivity index (χ4n) is 2.57. The van der Waals surface area contributed by atoms with Crippen molar-refractivity contribution in [2.75, 3.05) is 32.5 Å². The van der Waals surface area contributed by atoms with E-state index in [1.54, 1.807) is 19.2 Å². The summed E-state index contributed by atoms with van der Waals surface area (Å²) in [6, 6.07) is 3.21. The molecule has 21 heavy (non-hydrogen) atoms. The molecule has 0 aliphatic carbocycles. The van der Waals surface area contributed by atoms with Crippen LogP contribution in [0.2, 0.25) is 0 Å². The van der Waals surface area contributed by atoms with Crippen LogP contribution < -0.4 is 5.73 Å². The van der Waals surface area contributed by atoms with Crippen LogP contribution >= 0.6 is 31.9 Å². The molecule has 0 aromatic heterocycles. The van der Waals surface area contributed by atoms with E-state index in [4.69, 9.17) is 10.5 Å². The summed E-state index contributed by atoms with van der Waals surface area (Å²) in [5.74, 6) is 0.241. The van der Waals surface area contributed by atoms with Gasteiger partial charge in [0.25, 0.3) is 0 Å². The third-order valence-corrected chi connectivity index (χ3v) is 7.25. The Kier molecular flexibility index (Phi) is 5.70. The lowest BCUT2D eigenvalue weighted by atomic mass is 10.0. The third kappa shape index (κ3) is 3.79. The second-order valence-corrected chi connectivity index (χ2v) is 8.72. The van der Waals surface area contributed by atoms with E-state index in [1.807, 2.05) is 0 Å². The lowest BCUT2D eigenvalue weighted by molar-refractivity contribution is 0.118. The number of nitrogens with zero attached hydrogens (tertiary/aromatic N) is 1. The highest BCUT2D eigenvalue weighted by molar-refractivity contribution is 9.11. The number of rotatable bonds is 4. The zero-order valence-corrected chi connectivity index (χ0v) is 15.7.